The Bertz CT molecular complexity index is 72.4. The SMILES string of the molecule is CC(C)NCCN.CO[SiH2]OC. The molecule has 0 radical (unpaired) electrons. The van der Waals surface area contributed by atoms with Crippen molar-refractivity contribution in [2.24, 2.45) is 5.73 Å². The smallest absolute Gasteiger partial charge is 0.303 e. The largest absolute Gasteiger partial charge is 0.402 e. The van der Waals surface area contributed by atoms with Crippen molar-refractivity contribution in [1.82, 2.24) is 5.32 Å². The van der Waals surface area contributed by atoms with Crippen molar-refractivity contribution in [3.8, 4) is 0 Å². The fourth-order valence-corrected chi connectivity index (χ4v) is 0.726. The van der Waals surface area contributed by atoms with Gasteiger partial charge in [0.1, 0.15) is 0 Å². The van der Waals surface area contributed by atoms with E-state index in [0.717, 1.165) is 13.1 Å². The van der Waals surface area contributed by atoms with Crippen LogP contribution in [0.15, 0.2) is 0 Å². The van der Waals surface area contributed by atoms with Gasteiger partial charge in [-0.05, 0) is 0 Å². The normalized spacial score (nSPS) is 9.50. The first-order valence-electron chi connectivity index (χ1n) is 4.10. The molecule has 0 aromatic rings. The topological polar surface area (TPSA) is 56.5 Å². The first-order chi connectivity index (χ1) is 5.68. The number of nitrogens with two attached hydrogens (primary N) is 1. The van der Waals surface area contributed by atoms with Crippen molar-refractivity contribution in [1.29, 1.82) is 0 Å². The quantitative estimate of drug-likeness (QED) is 0.564. The minimum absolute atomic E-state index is 0.568. The van der Waals surface area contributed by atoms with Crippen LogP contribution in [0.3, 0.4) is 0 Å². The van der Waals surface area contributed by atoms with Crippen LogP contribution in [0, 0.1) is 0 Å². The molecule has 0 aromatic carbocycles. The molecule has 0 saturated carbocycles. The van der Waals surface area contributed by atoms with Gasteiger partial charge in [0.25, 0.3) is 0 Å². The Labute approximate surface area is 77.9 Å². The number of hydrogen-bond donors (Lipinski definition) is 2. The summed E-state index contributed by atoms with van der Waals surface area (Å²) in [5.74, 6) is 0. The van der Waals surface area contributed by atoms with Gasteiger partial charge >= 0.3 is 10.0 Å². The Morgan fingerprint density at radius 3 is 1.92 bits per heavy atom. The predicted molar refractivity (Wildman–Crippen MR) is 54.8 cm³/mol. The lowest BCUT2D eigenvalue weighted by Crippen LogP contribution is -2.28. The van der Waals surface area contributed by atoms with Crippen LogP contribution >= 0.6 is 0 Å². The third kappa shape index (κ3) is 22.5. The summed E-state index contributed by atoms with van der Waals surface area (Å²) in [5.41, 5.74) is 5.21. The standard InChI is InChI=1S/C5H14N2.C2H8O2Si/c1-5(2)7-4-3-6;1-3-5-4-2/h5,7H,3-4,6H2,1-2H3;5H2,1-2H3. The second kappa shape index (κ2) is 13.6. The molecule has 0 spiro atoms. The monoisotopic (exact) mass is 194 g/mol. The molecule has 3 N–H and O–H groups in total. The van der Waals surface area contributed by atoms with Gasteiger partial charge in [-0.25, -0.2) is 0 Å². The number of rotatable bonds is 5. The van der Waals surface area contributed by atoms with E-state index in [2.05, 4.69) is 28.0 Å². The van der Waals surface area contributed by atoms with Crippen LogP contribution in [0.25, 0.3) is 0 Å². The summed E-state index contributed by atoms with van der Waals surface area (Å²) in [6.07, 6.45) is 0. The van der Waals surface area contributed by atoms with Gasteiger partial charge < -0.3 is 19.9 Å². The summed E-state index contributed by atoms with van der Waals surface area (Å²) >= 11 is 0. The van der Waals surface area contributed by atoms with Crippen LogP contribution in [0.1, 0.15) is 13.8 Å². The summed E-state index contributed by atoms with van der Waals surface area (Å²) in [4.78, 5) is 0. The fraction of sp³-hybridized carbons (Fsp3) is 1.00. The molecule has 76 valence electrons. The number of nitrogens with one attached hydrogen (secondary N) is 1. The Morgan fingerprint density at radius 1 is 1.33 bits per heavy atom. The molecular weight excluding hydrogens is 172 g/mol. The van der Waals surface area contributed by atoms with Crippen LogP contribution in [0.2, 0.25) is 0 Å². The maximum atomic E-state index is 5.21. The van der Waals surface area contributed by atoms with Crippen molar-refractivity contribution in [3.63, 3.8) is 0 Å². The van der Waals surface area contributed by atoms with Gasteiger partial charge in [-0.1, -0.05) is 13.8 Å². The highest BCUT2D eigenvalue weighted by Gasteiger charge is 1.85. The molecule has 0 saturated heterocycles. The van der Waals surface area contributed by atoms with Gasteiger partial charge in [0.15, 0.2) is 0 Å². The average molecular weight is 194 g/mol. The fourth-order valence-electron chi connectivity index (χ4n) is 0.490. The molecule has 0 aliphatic rings. The summed E-state index contributed by atoms with van der Waals surface area (Å²) in [7, 11) is 2.73. The predicted octanol–water partition coefficient (Wildman–Crippen LogP) is -0.779. The van der Waals surface area contributed by atoms with E-state index in [1.165, 1.54) is 0 Å². The van der Waals surface area contributed by atoms with Crippen molar-refractivity contribution >= 4 is 10.0 Å². The van der Waals surface area contributed by atoms with Gasteiger partial charge in [-0.3, -0.25) is 0 Å². The Morgan fingerprint density at radius 2 is 1.83 bits per heavy atom. The molecule has 0 aromatic heterocycles. The van der Waals surface area contributed by atoms with Crippen LogP contribution < -0.4 is 11.1 Å². The average Bonchev–Trinajstić information content (AvgIpc) is 2.03. The van der Waals surface area contributed by atoms with Crippen molar-refractivity contribution in [2.45, 2.75) is 19.9 Å². The summed E-state index contributed by atoms with van der Waals surface area (Å²) in [6, 6.07) is 0.573. The molecule has 0 atom stereocenters. The minimum atomic E-state index is -0.568. The van der Waals surface area contributed by atoms with E-state index in [9.17, 15) is 0 Å². The maximum Gasteiger partial charge on any atom is 0.303 e. The third-order valence-electron chi connectivity index (χ3n) is 0.933. The Hall–Kier alpha value is 0.0569. The molecule has 0 bridgehead atoms. The molecule has 5 heteroatoms. The van der Waals surface area contributed by atoms with Crippen molar-refractivity contribution in [3.05, 3.63) is 0 Å². The van der Waals surface area contributed by atoms with Crippen LogP contribution in [-0.4, -0.2) is 43.4 Å². The Balaban J connectivity index is 0. The van der Waals surface area contributed by atoms with Gasteiger partial charge in [0.2, 0.25) is 0 Å². The maximum absolute atomic E-state index is 5.21. The first kappa shape index (κ1) is 14.6. The van der Waals surface area contributed by atoms with Gasteiger partial charge in [0, 0.05) is 33.4 Å². The van der Waals surface area contributed by atoms with E-state index < -0.39 is 10.0 Å². The van der Waals surface area contributed by atoms with Gasteiger partial charge in [0.05, 0.1) is 0 Å². The lowest BCUT2D eigenvalue weighted by molar-refractivity contribution is 0.309. The second-order valence-electron chi connectivity index (χ2n) is 2.59. The van der Waals surface area contributed by atoms with E-state index in [-0.39, 0.29) is 0 Å². The van der Waals surface area contributed by atoms with Crippen LogP contribution in [0.5, 0.6) is 0 Å². The second-order valence-corrected chi connectivity index (χ2v) is 3.98. The molecule has 0 amide bonds. The summed E-state index contributed by atoms with van der Waals surface area (Å²) in [5, 5.41) is 3.17. The van der Waals surface area contributed by atoms with E-state index in [4.69, 9.17) is 5.73 Å². The highest BCUT2D eigenvalue weighted by atomic mass is 28.3. The highest BCUT2D eigenvalue weighted by Crippen LogP contribution is 1.70. The van der Waals surface area contributed by atoms with E-state index >= 15 is 0 Å². The summed E-state index contributed by atoms with van der Waals surface area (Å²) in [6.45, 7) is 5.88. The Kier molecular flexibility index (Phi) is 16.6. The lowest BCUT2D eigenvalue weighted by atomic mass is 10.4. The highest BCUT2D eigenvalue weighted by molar-refractivity contribution is 6.17. The molecule has 0 aliphatic heterocycles. The molecule has 0 unspecified atom stereocenters. The lowest BCUT2D eigenvalue weighted by Gasteiger charge is -2.03. The van der Waals surface area contributed by atoms with E-state index in [1.807, 2.05) is 0 Å². The minimum Gasteiger partial charge on any atom is -0.402 e. The third-order valence-corrected chi connectivity index (χ3v) is 1.40. The molecule has 0 aliphatic carbocycles. The summed E-state index contributed by atoms with van der Waals surface area (Å²) < 4.78 is 9.22. The van der Waals surface area contributed by atoms with Crippen molar-refractivity contribution in [2.75, 3.05) is 27.3 Å². The van der Waals surface area contributed by atoms with E-state index in [0.29, 0.717) is 6.04 Å². The molecule has 4 nitrogen and oxygen atoms in total. The number of hydrogen-bond acceptors (Lipinski definition) is 4. The zero-order chi connectivity index (χ0) is 9.82. The molecule has 0 fully saturated rings. The zero-order valence-corrected chi connectivity index (χ0v) is 10.0. The van der Waals surface area contributed by atoms with E-state index in [1.54, 1.807) is 14.2 Å². The molecule has 0 heterocycles. The van der Waals surface area contributed by atoms with Gasteiger partial charge in [-0.2, -0.15) is 0 Å². The first-order valence-corrected chi connectivity index (χ1v) is 5.25. The van der Waals surface area contributed by atoms with Crippen LogP contribution in [0.4, 0.5) is 0 Å². The molecular formula is C7H22N2O2Si. The zero-order valence-electron chi connectivity index (χ0n) is 8.59. The molecule has 0 rings (SSSR count). The van der Waals surface area contributed by atoms with Gasteiger partial charge in [-0.15, -0.1) is 0 Å². The molecule has 12 heavy (non-hydrogen) atoms. The van der Waals surface area contributed by atoms with Crippen LogP contribution in [-0.2, 0) is 8.85 Å². The van der Waals surface area contributed by atoms with Crippen molar-refractivity contribution < 1.29 is 8.85 Å².